The summed E-state index contributed by atoms with van der Waals surface area (Å²) in [4.78, 5) is 21.5. The lowest BCUT2D eigenvalue weighted by molar-refractivity contribution is 0.0664. The van der Waals surface area contributed by atoms with E-state index in [0.717, 1.165) is 65.5 Å². The van der Waals surface area contributed by atoms with Crippen LogP contribution < -0.4 is 5.32 Å². The van der Waals surface area contributed by atoms with Crippen LogP contribution in [0.1, 0.15) is 21.6 Å². The smallest absolute Gasteiger partial charge is 0.253 e. The zero-order chi connectivity index (χ0) is 23.5. The molecule has 0 spiro atoms. The van der Waals surface area contributed by atoms with Crippen molar-refractivity contribution < 1.29 is 4.79 Å². The number of amides is 1. The van der Waals surface area contributed by atoms with Gasteiger partial charge in [-0.15, -0.1) is 0 Å². The van der Waals surface area contributed by atoms with Crippen molar-refractivity contribution in [2.24, 2.45) is 0 Å². The third-order valence-corrected chi connectivity index (χ3v) is 6.27. The number of imidazole rings is 1. The average Bonchev–Trinajstić information content (AvgIpc) is 3.30. The van der Waals surface area contributed by atoms with Crippen molar-refractivity contribution in [1.29, 1.82) is 0 Å². The Hall–Kier alpha value is -4.08. The molecule has 0 saturated carbocycles. The van der Waals surface area contributed by atoms with Gasteiger partial charge in [-0.1, -0.05) is 18.1 Å². The summed E-state index contributed by atoms with van der Waals surface area (Å²) in [6.45, 7) is 3.39. The molecule has 0 aliphatic carbocycles. The van der Waals surface area contributed by atoms with Gasteiger partial charge in [0.25, 0.3) is 5.91 Å². The van der Waals surface area contributed by atoms with Crippen LogP contribution in [0.25, 0.3) is 16.8 Å². The Morgan fingerprint density at radius 2 is 1.59 bits per heavy atom. The van der Waals surface area contributed by atoms with Crippen LogP contribution in [0, 0.1) is 11.8 Å². The fourth-order valence-electron chi connectivity index (χ4n) is 4.10. The molecule has 170 valence electrons. The number of carbonyl (C=O) groups excluding carboxylic acids is 1. The molecule has 5 rings (SSSR count). The van der Waals surface area contributed by atoms with Crippen molar-refractivity contribution >= 4 is 17.2 Å². The van der Waals surface area contributed by atoms with Crippen LogP contribution in [0.4, 0.5) is 5.69 Å². The van der Waals surface area contributed by atoms with E-state index >= 15 is 0 Å². The normalized spacial score (nSPS) is 14.0. The first-order chi connectivity index (χ1) is 16.6. The Morgan fingerprint density at radius 3 is 2.29 bits per heavy atom. The zero-order valence-electron chi connectivity index (χ0n) is 19.5. The second kappa shape index (κ2) is 9.42. The van der Waals surface area contributed by atoms with Crippen LogP contribution in [0.3, 0.4) is 0 Å². The standard InChI is InChI=1S/C28H27N5O/c1-29-25-11-3-21(4-12-25)5-13-26-19-30-27-14-10-24(20-33(26)27)22-6-8-23(9-7-22)28(34)32-17-15-31(2)16-18-32/h3-4,6-12,14,19-20,29H,15-18H2,1-2H3. The fraction of sp³-hybridized carbons (Fsp3) is 0.214. The molecule has 0 radical (unpaired) electrons. The highest BCUT2D eigenvalue weighted by atomic mass is 16.2. The molecule has 3 heterocycles. The van der Waals surface area contributed by atoms with Gasteiger partial charge in [0.1, 0.15) is 11.3 Å². The van der Waals surface area contributed by atoms with Crippen LogP contribution in [0.2, 0.25) is 0 Å². The maximum Gasteiger partial charge on any atom is 0.253 e. The molecule has 1 aliphatic rings. The molecule has 2 aromatic carbocycles. The number of fused-ring (bicyclic) bond motifs is 1. The van der Waals surface area contributed by atoms with Crippen molar-refractivity contribution in [2.75, 3.05) is 45.6 Å². The molecule has 34 heavy (non-hydrogen) atoms. The number of carbonyl (C=O) groups is 1. The summed E-state index contributed by atoms with van der Waals surface area (Å²) in [6.07, 6.45) is 3.85. The monoisotopic (exact) mass is 449 g/mol. The van der Waals surface area contributed by atoms with Gasteiger partial charge in [0.15, 0.2) is 0 Å². The number of hydrogen-bond acceptors (Lipinski definition) is 4. The molecule has 1 amide bonds. The summed E-state index contributed by atoms with van der Waals surface area (Å²) in [5, 5.41) is 3.11. The Kier molecular flexibility index (Phi) is 6.03. The largest absolute Gasteiger partial charge is 0.388 e. The Balaban J connectivity index is 1.37. The molecule has 1 N–H and O–H groups in total. The number of hydrogen-bond donors (Lipinski definition) is 1. The SMILES string of the molecule is CNc1ccc(C#Cc2cnc3ccc(-c4ccc(C(=O)N5CCN(C)CC5)cc4)cn23)cc1. The lowest BCUT2D eigenvalue weighted by Crippen LogP contribution is -2.47. The number of piperazine rings is 1. The second-order valence-corrected chi connectivity index (χ2v) is 8.54. The third kappa shape index (κ3) is 4.52. The number of nitrogens with one attached hydrogen (secondary N) is 1. The van der Waals surface area contributed by atoms with Crippen LogP contribution in [-0.2, 0) is 0 Å². The predicted molar refractivity (Wildman–Crippen MR) is 136 cm³/mol. The van der Waals surface area contributed by atoms with Gasteiger partial charge in [-0.25, -0.2) is 4.98 Å². The van der Waals surface area contributed by atoms with E-state index in [1.54, 1.807) is 6.20 Å². The van der Waals surface area contributed by atoms with E-state index in [1.165, 1.54) is 0 Å². The molecule has 0 atom stereocenters. The van der Waals surface area contributed by atoms with Gasteiger partial charge in [0, 0.05) is 56.2 Å². The highest BCUT2D eigenvalue weighted by molar-refractivity contribution is 5.94. The molecule has 4 aromatic rings. The minimum atomic E-state index is 0.102. The van der Waals surface area contributed by atoms with Crippen molar-refractivity contribution in [1.82, 2.24) is 19.2 Å². The minimum Gasteiger partial charge on any atom is -0.388 e. The summed E-state index contributed by atoms with van der Waals surface area (Å²) >= 11 is 0. The maximum absolute atomic E-state index is 12.8. The average molecular weight is 450 g/mol. The van der Waals surface area contributed by atoms with Crippen LogP contribution in [-0.4, -0.2) is 65.4 Å². The van der Waals surface area contributed by atoms with E-state index in [2.05, 4.69) is 34.1 Å². The summed E-state index contributed by atoms with van der Waals surface area (Å²) in [7, 11) is 3.99. The van der Waals surface area contributed by atoms with E-state index in [9.17, 15) is 4.79 Å². The zero-order valence-corrected chi connectivity index (χ0v) is 19.5. The van der Waals surface area contributed by atoms with Gasteiger partial charge < -0.3 is 15.1 Å². The van der Waals surface area contributed by atoms with Gasteiger partial charge >= 0.3 is 0 Å². The highest BCUT2D eigenvalue weighted by Gasteiger charge is 2.20. The second-order valence-electron chi connectivity index (χ2n) is 8.54. The lowest BCUT2D eigenvalue weighted by Gasteiger charge is -2.32. The molecular formula is C28H27N5O. The molecule has 6 nitrogen and oxygen atoms in total. The summed E-state index contributed by atoms with van der Waals surface area (Å²) in [6, 6.07) is 19.9. The Morgan fingerprint density at radius 1 is 0.882 bits per heavy atom. The topological polar surface area (TPSA) is 52.9 Å². The third-order valence-electron chi connectivity index (χ3n) is 6.27. The summed E-state index contributed by atoms with van der Waals surface area (Å²) < 4.78 is 2.01. The molecule has 0 bridgehead atoms. The number of benzene rings is 2. The number of likely N-dealkylation sites (N-methyl/N-ethyl adjacent to an activating group) is 1. The minimum absolute atomic E-state index is 0.102. The van der Waals surface area contributed by atoms with E-state index < -0.39 is 0 Å². The van der Waals surface area contributed by atoms with Gasteiger partial charge in [0.2, 0.25) is 0 Å². The molecule has 2 aromatic heterocycles. The van der Waals surface area contributed by atoms with Gasteiger partial charge in [-0.05, 0) is 72.6 Å². The lowest BCUT2D eigenvalue weighted by atomic mass is 10.0. The number of pyridine rings is 1. The molecule has 1 saturated heterocycles. The van der Waals surface area contributed by atoms with Gasteiger partial charge in [0.05, 0.1) is 6.20 Å². The fourth-order valence-corrected chi connectivity index (χ4v) is 4.10. The van der Waals surface area contributed by atoms with E-state index in [0.29, 0.717) is 0 Å². The van der Waals surface area contributed by atoms with E-state index in [4.69, 9.17) is 0 Å². The van der Waals surface area contributed by atoms with E-state index in [1.807, 2.05) is 83.2 Å². The molecular weight excluding hydrogens is 422 g/mol. The number of nitrogens with zero attached hydrogens (tertiary/aromatic N) is 4. The quantitative estimate of drug-likeness (QED) is 0.483. The molecule has 1 aliphatic heterocycles. The maximum atomic E-state index is 12.8. The van der Waals surface area contributed by atoms with Crippen molar-refractivity contribution in [3.8, 4) is 23.0 Å². The Bertz CT molecular complexity index is 1370. The molecule has 6 heteroatoms. The number of anilines is 1. The molecule has 0 unspecified atom stereocenters. The molecule has 1 fully saturated rings. The van der Waals surface area contributed by atoms with Gasteiger partial charge in [-0.2, -0.15) is 0 Å². The first kappa shape index (κ1) is 21.7. The summed E-state index contributed by atoms with van der Waals surface area (Å²) in [5.41, 5.74) is 6.51. The van der Waals surface area contributed by atoms with Crippen LogP contribution >= 0.6 is 0 Å². The van der Waals surface area contributed by atoms with Crippen LogP contribution in [0.5, 0.6) is 0 Å². The van der Waals surface area contributed by atoms with Crippen LogP contribution in [0.15, 0.2) is 73.1 Å². The number of rotatable bonds is 3. The van der Waals surface area contributed by atoms with Crippen molar-refractivity contribution in [3.63, 3.8) is 0 Å². The highest BCUT2D eigenvalue weighted by Crippen LogP contribution is 2.22. The Labute approximate surface area is 199 Å². The number of aromatic nitrogens is 2. The summed E-state index contributed by atoms with van der Waals surface area (Å²) in [5.74, 6) is 6.56. The first-order valence-electron chi connectivity index (χ1n) is 11.5. The first-order valence-corrected chi connectivity index (χ1v) is 11.5. The van der Waals surface area contributed by atoms with E-state index in [-0.39, 0.29) is 5.91 Å². The van der Waals surface area contributed by atoms with Gasteiger partial charge in [-0.3, -0.25) is 9.20 Å². The van der Waals surface area contributed by atoms with Crippen molar-refractivity contribution in [3.05, 3.63) is 89.9 Å². The predicted octanol–water partition coefficient (Wildman–Crippen LogP) is 3.83. The van der Waals surface area contributed by atoms with Crippen molar-refractivity contribution in [2.45, 2.75) is 0 Å².